The minimum absolute atomic E-state index is 0.981. The fourth-order valence-corrected chi connectivity index (χ4v) is 25.6. The van der Waals surface area contributed by atoms with Crippen molar-refractivity contribution >= 4 is 298 Å². The summed E-state index contributed by atoms with van der Waals surface area (Å²) in [6, 6.07) is 129. The number of imidazole rings is 12. The maximum absolute atomic E-state index is 5.06. The van der Waals surface area contributed by atoms with Crippen molar-refractivity contribution < 1.29 is 0 Å². The Bertz CT molecular complexity index is 12100. The molecule has 0 amide bonds. The summed E-state index contributed by atoms with van der Waals surface area (Å²) in [6.45, 7) is 0. The molecule has 0 atom stereocenters. The van der Waals surface area contributed by atoms with E-state index in [0.717, 1.165) is 89.8 Å². The van der Waals surface area contributed by atoms with Gasteiger partial charge in [-0.3, -0.25) is 26.4 Å². The van der Waals surface area contributed by atoms with Crippen LogP contribution in [-0.4, -0.2) is 111 Å². The highest BCUT2D eigenvalue weighted by Gasteiger charge is 2.28. The molecule has 36 rings (SSSR count). The molecule has 720 valence electrons. The normalized spacial score (nSPS) is 12.4. The highest BCUT2D eigenvalue weighted by molar-refractivity contribution is 6.24. The van der Waals surface area contributed by atoms with Gasteiger partial charge in [0.05, 0.1) is 154 Å². The van der Waals surface area contributed by atoms with Gasteiger partial charge < -0.3 is 54.8 Å². The number of para-hydroxylation sites is 18. The van der Waals surface area contributed by atoms with Crippen LogP contribution in [0.2, 0.25) is 0 Å². The maximum Gasteiger partial charge on any atom is 0.215 e. The summed E-state index contributed by atoms with van der Waals surface area (Å²) in [5, 5.41) is 15.3. The van der Waals surface area contributed by atoms with Gasteiger partial charge in [0.25, 0.3) is 0 Å². The Morgan fingerprint density at radius 1 is 0.127 bits per heavy atom. The molecule has 18 aromatic heterocycles. The molecule has 24 nitrogen and oxygen atoms in total. The van der Waals surface area contributed by atoms with Crippen molar-refractivity contribution in [2.45, 2.75) is 0 Å². The summed E-state index contributed by atoms with van der Waals surface area (Å²) in [5.41, 5.74) is 42.5. The number of fused-ring (bicyclic) bond motifs is 52. The standard InChI is InChI=1S/6C21H16N4/c1-23-16-8-4-3-7-13(16)14-11-20-15(12-19(14)23)22-21-24(2)17-9-5-6-10-18(17)25(20)21;1-23-16-8-4-3-7-13(16)14-11-15-20(12-19(14)23)25-18-10-6-5-9-17(18)24(2)21(25)22-15;1-23-15-8-4-3-7-13(15)19-18(23)12-11-14-20(19)25-17-10-6-5-9-16(17)24(2)21(25)22-14;1-23-16-8-4-3-7-13(16)14-11-12-15-20(19(14)23)25-18-10-6-5-9-17(18)24(2)21(25)22-15;1-23-15-8-4-3-7-13(15)14-11-12-18-19(20(14)23)22-21-24(2)16-9-5-6-10-17(16)25(18)21;1-23-14-8-4-3-7-13(14)19-17(23)11-12-18-20(19)22-21-24(2)15-9-5-6-10-16(15)25(18)21/h6*3-12H,1-2H3. The van der Waals surface area contributed by atoms with Crippen LogP contribution < -0.4 is 0 Å². The molecule has 0 saturated heterocycles. The zero-order valence-corrected chi connectivity index (χ0v) is 84.4. The van der Waals surface area contributed by atoms with Crippen LogP contribution in [0.25, 0.3) is 298 Å². The van der Waals surface area contributed by atoms with E-state index in [1.165, 1.54) is 208 Å². The van der Waals surface area contributed by atoms with Crippen molar-refractivity contribution in [3.63, 3.8) is 0 Å². The van der Waals surface area contributed by atoms with Gasteiger partial charge in [-0.2, -0.15) is 0 Å². The lowest BCUT2D eigenvalue weighted by Crippen LogP contribution is -1.90. The molecule has 0 saturated carbocycles. The number of aryl methyl sites for hydroxylation is 12. The van der Waals surface area contributed by atoms with Crippen LogP contribution in [-0.2, 0) is 84.6 Å². The second-order valence-corrected chi connectivity index (χ2v) is 40.3. The van der Waals surface area contributed by atoms with Gasteiger partial charge in [-0.15, -0.1) is 0 Å². The Balaban J connectivity index is 0.0000000810. The highest BCUT2D eigenvalue weighted by Crippen LogP contribution is 2.45. The van der Waals surface area contributed by atoms with Crippen LogP contribution in [0.3, 0.4) is 0 Å². The van der Waals surface area contributed by atoms with Crippen LogP contribution in [0.4, 0.5) is 0 Å². The Kier molecular flexibility index (Phi) is 17.5. The van der Waals surface area contributed by atoms with Crippen molar-refractivity contribution in [3.8, 4) is 0 Å². The van der Waals surface area contributed by atoms with Crippen molar-refractivity contribution in [2.75, 3.05) is 0 Å². The van der Waals surface area contributed by atoms with Crippen molar-refractivity contribution in [1.82, 2.24) is 111 Å². The summed E-state index contributed by atoms with van der Waals surface area (Å²) >= 11 is 0. The molecule has 0 fully saturated rings. The van der Waals surface area contributed by atoms with Gasteiger partial charge in [-0.25, -0.2) is 29.9 Å². The quantitative estimate of drug-likeness (QED) is 0.147. The molecule has 0 aliphatic heterocycles. The van der Waals surface area contributed by atoms with Crippen molar-refractivity contribution in [2.24, 2.45) is 84.6 Å². The first kappa shape index (κ1) is 84.8. The molecule has 150 heavy (non-hydrogen) atoms. The first-order valence-corrected chi connectivity index (χ1v) is 50.8. The van der Waals surface area contributed by atoms with Gasteiger partial charge in [-0.1, -0.05) is 182 Å². The van der Waals surface area contributed by atoms with Gasteiger partial charge in [0.15, 0.2) is 0 Å². The summed E-state index contributed by atoms with van der Waals surface area (Å²) in [4.78, 5) is 29.8. The van der Waals surface area contributed by atoms with Gasteiger partial charge in [0.2, 0.25) is 34.7 Å². The van der Waals surface area contributed by atoms with E-state index in [4.69, 9.17) is 29.9 Å². The molecule has 0 radical (unpaired) electrons. The molecular formula is C126H96N24. The SMILES string of the molecule is Cn1c2ccccc2c2c1ccc1nc3n(C)c4ccccc4n3c12.Cn1c2ccccc2c2c3nc4n(C)c5ccccc5n4c3ccc21.Cn1c2ccccc2c2cc3c(cc21)nc1n(C)c2ccccc2n31.Cn1c2ccccc2c2cc3nc4n(C)c5ccccc5n4c3cc21.Cn1c2ccccc2c2ccc3c(nc4n(C)c5ccccc5n34)c21.Cn1c2ccccc2c2ccc3nc4n(C)c5ccccc5n4c3c21. The summed E-state index contributed by atoms with van der Waals surface area (Å²) in [7, 11) is 25.3. The number of hydrogen-bond donors (Lipinski definition) is 0. The molecule has 36 aromatic rings. The van der Waals surface area contributed by atoms with Crippen molar-refractivity contribution in [3.05, 3.63) is 364 Å². The zero-order chi connectivity index (χ0) is 100. The van der Waals surface area contributed by atoms with E-state index in [-0.39, 0.29) is 0 Å². The third-order valence-electron chi connectivity index (χ3n) is 32.7. The molecule has 0 unspecified atom stereocenters. The highest BCUT2D eigenvalue weighted by atomic mass is 15.3. The summed E-state index contributed by atoms with van der Waals surface area (Å²) in [6.07, 6.45) is 0. The fourth-order valence-electron chi connectivity index (χ4n) is 25.6. The molecule has 0 aliphatic rings. The predicted molar refractivity (Wildman–Crippen MR) is 619 cm³/mol. The molecular weight excluding hydrogens is 1850 g/mol. The number of rotatable bonds is 0. The minimum Gasteiger partial charge on any atom is -0.344 e. The molecule has 18 aromatic carbocycles. The third-order valence-corrected chi connectivity index (χ3v) is 32.7. The Morgan fingerprint density at radius 3 is 0.847 bits per heavy atom. The number of aromatic nitrogens is 24. The lowest BCUT2D eigenvalue weighted by atomic mass is 10.1. The van der Waals surface area contributed by atoms with Crippen LogP contribution in [0.1, 0.15) is 0 Å². The van der Waals surface area contributed by atoms with Gasteiger partial charge in [0, 0.05) is 182 Å². The fraction of sp³-hybridized carbons (Fsp3) is 0.0952. The molecule has 0 aliphatic carbocycles. The van der Waals surface area contributed by atoms with E-state index in [1.54, 1.807) is 0 Å². The van der Waals surface area contributed by atoms with E-state index >= 15 is 0 Å². The van der Waals surface area contributed by atoms with E-state index in [2.05, 4.69) is 530 Å². The topological polar surface area (TPSA) is 163 Å². The lowest BCUT2D eigenvalue weighted by Gasteiger charge is -2.01. The number of nitrogens with zero attached hydrogens (tertiary/aromatic N) is 24. The van der Waals surface area contributed by atoms with E-state index in [0.29, 0.717) is 0 Å². The Hall–Kier alpha value is -19.6. The first-order valence-electron chi connectivity index (χ1n) is 50.8. The number of benzene rings is 18. The van der Waals surface area contributed by atoms with Crippen LogP contribution >= 0.6 is 0 Å². The predicted octanol–water partition coefficient (Wildman–Crippen LogP) is 27.7. The summed E-state index contributed by atoms with van der Waals surface area (Å²) in [5.74, 6) is 5.89. The zero-order valence-electron chi connectivity index (χ0n) is 84.4. The minimum atomic E-state index is 0.981. The van der Waals surface area contributed by atoms with Gasteiger partial charge >= 0.3 is 0 Å². The molecule has 18 heterocycles. The average Bonchev–Trinajstić information content (AvgIpc) is 1.56. The van der Waals surface area contributed by atoms with Crippen molar-refractivity contribution in [1.29, 1.82) is 0 Å². The second-order valence-electron chi connectivity index (χ2n) is 40.3. The number of hydrogen-bond acceptors (Lipinski definition) is 6. The van der Waals surface area contributed by atoms with E-state index in [1.807, 2.05) is 0 Å². The molecule has 24 heteroatoms. The molecule has 0 bridgehead atoms. The smallest absolute Gasteiger partial charge is 0.215 e. The van der Waals surface area contributed by atoms with E-state index < -0.39 is 0 Å². The lowest BCUT2D eigenvalue weighted by molar-refractivity contribution is 0.973. The third kappa shape index (κ3) is 11.4. The maximum atomic E-state index is 5.06. The Labute approximate surface area is 852 Å². The largest absolute Gasteiger partial charge is 0.344 e. The van der Waals surface area contributed by atoms with Gasteiger partial charge in [0.1, 0.15) is 11.0 Å². The average molecular weight is 1950 g/mol. The van der Waals surface area contributed by atoms with Crippen LogP contribution in [0, 0.1) is 0 Å². The Morgan fingerprint density at radius 2 is 0.387 bits per heavy atom. The van der Waals surface area contributed by atoms with Crippen LogP contribution in [0.15, 0.2) is 364 Å². The monoisotopic (exact) mass is 1940 g/mol. The van der Waals surface area contributed by atoms with Crippen LogP contribution in [0.5, 0.6) is 0 Å². The second kappa shape index (κ2) is 31.0. The first-order chi connectivity index (χ1) is 73.5. The molecule has 0 spiro atoms. The summed E-state index contributed by atoms with van der Waals surface area (Å²) < 4.78 is 40.3. The van der Waals surface area contributed by atoms with E-state index in [9.17, 15) is 0 Å². The van der Waals surface area contributed by atoms with Gasteiger partial charge in [-0.05, 0) is 182 Å². The molecule has 0 N–H and O–H groups in total.